The van der Waals surface area contributed by atoms with Gasteiger partial charge in [-0.3, -0.25) is 4.98 Å². The molecule has 2 rings (SSSR count). The van der Waals surface area contributed by atoms with Crippen LogP contribution in [-0.4, -0.2) is 12.1 Å². The average molecular weight is 214 g/mol. The number of hydrogen-bond donors (Lipinski definition) is 1. The molecule has 0 aliphatic rings. The summed E-state index contributed by atoms with van der Waals surface area (Å²) < 4.78 is 5.25. The summed E-state index contributed by atoms with van der Waals surface area (Å²) in [6, 6.07) is 13.3. The number of nitrogens with two attached hydrogens (primary N) is 1. The first-order chi connectivity index (χ1) is 7.83. The van der Waals surface area contributed by atoms with Gasteiger partial charge in [0, 0.05) is 6.20 Å². The van der Waals surface area contributed by atoms with Gasteiger partial charge in [-0.1, -0.05) is 30.3 Å². The van der Waals surface area contributed by atoms with E-state index in [4.69, 9.17) is 10.5 Å². The predicted octanol–water partition coefficient (Wildman–Crippen LogP) is 2.14. The average Bonchev–Trinajstić information content (AvgIpc) is 2.39. The number of benzene rings is 1. The molecule has 1 aromatic carbocycles. The standard InChI is InChI=1S/C13H14N2O/c1-16-11-8-5-9-15-13(11)12(14)10-6-3-2-4-7-10/h2-9,12H,14H2,1H3. The summed E-state index contributed by atoms with van der Waals surface area (Å²) >= 11 is 0. The van der Waals surface area contributed by atoms with Gasteiger partial charge in [0.2, 0.25) is 0 Å². The molecular weight excluding hydrogens is 200 g/mol. The fourth-order valence-electron chi connectivity index (χ4n) is 1.63. The van der Waals surface area contributed by atoms with Crippen molar-refractivity contribution in [3.8, 4) is 5.75 Å². The van der Waals surface area contributed by atoms with Gasteiger partial charge < -0.3 is 10.5 Å². The smallest absolute Gasteiger partial charge is 0.142 e. The van der Waals surface area contributed by atoms with Crippen LogP contribution in [0.5, 0.6) is 5.75 Å². The Bertz CT molecular complexity index is 456. The molecule has 0 bridgehead atoms. The van der Waals surface area contributed by atoms with Crippen molar-refractivity contribution in [2.75, 3.05) is 7.11 Å². The number of hydrogen-bond acceptors (Lipinski definition) is 3. The zero-order valence-corrected chi connectivity index (χ0v) is 9.13. The molecule has 2 N–H and O–H groups in total. The monoisotopic (exact) mass is 214 g/mol. The van der Waals surface area contributed by atoms with Crippen molar-refractivity contribution >= 4 is 0 Å². The van der Waals surface area contributed by atoms with Crippen LogP contribution in [0.15, 0.2) is 48.7 Å². The first kappa shape index (κ1) is 10.6. The first-order valence-corrected chi connectivity index (χ1v) is 5.12. The van der Waals surface area contributed by atoms with Crippen molar-refractivity contribution in [3.63, 3.8) is 0 Å². The number of nitrogens with zero attached hydrogens (tertiary/aromatic N) is 1. The van der Waals surface area contributed by atoms with E-state index in [1.807, 2.05) is 42.5 Å². The van der Waals surface area contributed by atoms with E-state index >= 15 is 0 Å². The van der Waals surface area contributed by atoms with Crippen LogP contribution >= 0.6 is 0 Å². The van der Waals surface area contributed by atoms with Gasteiger partial charge >= 0.3 is 0 Å². The summed E-state index contributed by atoms with van der Waals surface area (Å²) in [5.41, 5.74) is 7.94. The zero-order valence-electron chi connectivity index (χ0n) is 9.13. The molecule has 1 aromatic heterocycles. The number of rotatable bonds is 3. The number of aromatic nitrogens is 1. The Labute approximate surface area is 94.9 Å². The van der Waals surface area contributed by atoms with Crippen LogP contribution in [0.4, 0.5) is 0 Å². The molecule has 1 heterocycles. The van der Waals surface area contributed by atoms with Gasteiger partial charge in [-0.15, -0.1) is 0 Å². The van der Waals surface area contributed by atoms with E-state index in [-0.39, 0.29) is 6.04 Å². The van der Waals surface area contributed by atoms with E-state index in [0.717, 1.165) is 17.0 Å². The highest BCUT2D eigenvalue weighted by molar-refractivity contribution is 5.36. The predicted molar refractivity (Wildman–Crippen MR) is 63.3 cm³/mol. The maximum Gasteiger partial charge on any atom is 0.142 e. The lowest BCUT2D eigenvalue weighted by Gasteiger charge is -2.14. The third kappa shape index (κ3) is 2.04. The van der Waals surface area contributed by atoms with E-state index in [2.05, 4.69) is 4.98 Å². The molecule has 0 aliphatic heterocycles. The molecule has 0 spiro atoms. The highest BCUT2D eigenvalue weighted by Crippen LogP contribution is 2.25. The Morgan fingerprint density at radius 2 is 1.88 bits per heavy atom. The lowest BCUT2D eigenvalue weighted by Crippen LogP contribution is -2.14. The van der Waals surface area contributed by atoms with Gasteiger partial charge in [-0.25, -0.2) is 0 Å². The van der Waals surface area contributed by atoms with Crippen molar-refractivity contribution < 1.29 is 4.74 Å². The minimum Gasteiger partial charge on any atom is -0.495 e. The van der Waals surface area contributed by atoms with Crippen LogP contribution in [0.3, 0.4) is 0 Å². The number of methoxy groups -OCH3 is 1. The van der Waals surface area contributed by atoms with Crippen molar-refractivity contribution in [3.05, 3.63) is 59.9 Å². The minimum atomic E-state index is -0.252. The van der Waals surface area contributed by atoms with Gasteiger partial charge in [-0.05, 0) is 17.7 Å². The normalized spacial score (nSPS) is 12.1. The quantitative estimate of drug-likeness (QED) is 0.851. The van der Waals surface area contributed by atoms with E-state index in [9.17, 15) is 0 Å². The Kier molecular flexibility index (Phi) is 3.17. The van der Waals surface area contributed by atoms with Gasteiger partial charge in [-0.2, -0.15) is 0 Å². The Morgan fingerprint density at radius 1 is 1.12 bits per heavy atom. The lowest BCUT2D eigenvalue weighted by atomic mass is 10.0. The number of ether oxygens (including phenoxy) is 1. The molecule has 0 amide bonds. The highest BCUT2D eigenvalue weighted by atomic mass is 16.5. The van der Waals surface area contributed by atoms with Crippen molar-refractivity contribution in [2.45, 2.75) is 6.04 Å². The third-order valence-electron chi connectivity index (χ3n) is 2.47. The molecule has 1 atom stereocenters. The summed E-state index contributed by atoms with van der Waals surface area (Å²) in [7, 11) is 1.62. The van der Waals surface area contributed by atoms with Gasteiger partial charge in [0.15, 0.2) is 0 Å². The molecule has 0 saturated heterocycles. The van der Waals surface area contributed by atoms with Gasteiger partial charge in [0.1, 0.15) is 11.4 Å². The lowest BCUT2D eigenvalue weighted by molar-refractivity contribution is 0.404. The second-order valence-electron chi connectivity index (χ2n) is 3.48. The first-order valence-electron chi connectivity index (χ1n) is 5.12. The number of pyridine rings is 1. The van der Waals surface area contributed by atoms with E-state index in [1.165, 1.54) is 0 Å². The molecular formula is C13H14N2O. The summed E-state index contributed by atoms with van der Waals surface area (Å²) in [6.07, 6.45) is 1.72. The maximum absolute atomic E-state index is 6.15. The Balaban J connectivity index is 2.37. The van der Waals surface area contributed by atoms with Gasteiger partial charge in [0.05, 0.1) is 13.2 Å². The van der Waals surface area contributed by atoms with Crippen molar-refractivity contribution in [2.24, 2.45) is 5.73 Å². The van der Waals surface area contributed by atoms with Crippen LogP contribution in [-0.2, 0) is 0 Å². The fourth-order valence-corrected chi connectivity index (χ4v) is 1.63. The second-order valence-corrected chi connectivity index (χ2v) is 3.48. The zero-order chi connectivity index (χ0) is 11.4. The van der Waals surface area contributed by atoms with Gasteiger partial charge in [0.25, 0.3) is 0 Å². The van der Waals surface area contributed by atoms with Crippen LogP contribution in [0.25, 0.3) is 0 Å². The second kappa shape index (κ2) is 4.77. The third-order valence-corrected chi connectivity index (χ3v) is 2.47. The molecule has 0 saturated carbocycles. The SMILES string of the molecule is COc1cccnc1C(N)c1ccccc1. The molecule has 0 aliphatic carbocycles. The van der Waals surface area contributed by atoms with E-state index in [1.54, 1.807) is 13.3 Å². The van der Waals surface area contributed by atoms with Crippen molar-refractivity contribution in [1.82, 2.24) is 4.98 Å². The maximum atomic E-state index is 6.15. The fraction of sp³-hybridized carbons (Fsp3) is 0.154. The molecule has 0 radical (unpaired) electrons. The summed E-state index contributed by atoms with van der Waals surface area (Å²) in [4.78, 5) is 4.28. The summed E-state index contributed by atoms with van der Waals surface area (Å²) in [5.74, 6) is 0.721. The van der Waals surface area contributed by atoms with E-state index in [0.29, 0.717) is 0 Å². The Hall–Kier alpha value is -1.87. The van der Waals surface area contributed by atoms with Crippen LogP contribution in [0.1, 0.15) is 17.3 Å². The molecule has 1 unspecified atom stereocenters. The summed E-state index contributed by atoms with van der Waals surface area (Å²) in [5, 5.41) is 0. The Morgan fingerprint density at radius 3 is 2.56 bits per heavy atom. The largest absolute Gasteiger partial charge is 0.495 e. The molecule has 16 heavy (non-hydrogen) atoms. The molecule has 0 fully saturated rings. The molecule has 82 valence electrons. The molecule has 3 nitrogen and oxygen atoms in total. The van der Waals surface area contributed by atoms with Crippen molar-refractivity contribution in [1.29, 1.82) is 0 Å². The topological polar surface area (TPSA) is 48.1 Å². The molecule has 2 aromatic rings. The van der Waals surface area contributed by atoms with Crippen LogP contribution in [0, 0.1) is 0 Å². The highest BCUT2D eigenvalue weighted by Gasteiger charge is 2.14. The minimum absolute atomic E-state index is 0.252. The van der Waals surface area contributed by atoms with Crippen LogP contribution in [0.2, 0.25) is 0 Å². The van der Waals surface area contributed by atoms with Crippen LogP contribution < -0.4 is 10.5 Å². The molecule has 3 heteroatoms. The van der Waals surface area contributed by atoms with E-state index < -0.39 is 0 Å². The summed E-state index contributed by atoms with van der Waals surface area (Å²) in [6.45, 7) is 0.